The number of hydrogen-bond donors (Lipinski definition) is 1. The van der Waals surface area contributed by atoms with Crippen LogP contribution in [0.15, 0.2) is 0 Å². The minimum atomic E-state index is -0.782. The highest BCUT2D eigenvalue weighted by Crippen LogP contribution is 2.17. The number of carbonyl (C=O) groups excluding carboxylic acids is 1. The van der Waals surface area contributed by atoms with Crippen molar-refractivity contribution in [3.05, 3.63) is 0 Å². The van der Waals surface area contributed by atoms with Gasteiger partial charge in [0, 0.05) is 20.8 Å². The van der Waals surface area contributed by atoms with Crippen LogP contribution in [0.25, 0.3) is 0 Å². The molecule has 0 heterocycles. The average Bonchev–Trinajstić information content (AvgIpc) is 2.38. The minimum absolute atomic E-state index is 0.00123. The fraction of sp³-hybridized carbons (Fsp3) is 0.923. The lowest BCUT2D eigenvalue weighted by atomic mass is 9.92. The van der Waals surface area contributed by atoms with E-state index in [1.54, 1.807) is 19.1 Å². The van der Waals surface area contributed by atoms with Crippen LogP contribution in [0, 0.1) is 0 Å². The van der Waals surface area contributed by atoms with Crippen LogP contribution >= 0.6 is 0 Å². The molecule has 2 N–H and O–H groups in total. The summed E-state index contributed by atoms with van der Waals surface area (Å²) in [5.41, 5.74) is 5.39. The van der Waals surface area contributed by atoms with Crippen molar-refractivity contribution in [2.24, 2.45) is 5.73 Å². The Hall–Kier alpha value is -0.650. The third-order valence-electron chi connectivity index (χ3n) is 3.42. The first-order valence-corrected chi connectivity index (χ1v) is 6.54. The van der Waals surface area contributed by atoms with Crippen molar-refractivity contribution < 1.29 is 14.3 Å². The zero-order chi connectivity index (χ0) is 14.2. The van der Waals surface area contributed by atoms with Crippen molar-refractivity contribution in [2.75, 3.05) is 34.0 Å². The Labute approximate surface area is 111 Å². The summed E-state index contributed by atoms with van der Waals surface area (Å²) >= 11 is 0. The van der Waals surface area contributed by atoms with Gasteiger partial charge < -0.3 is 20.1 Å². The van der Waals surface area contributed by atoms with Gasteiger partial charge in [0.2, 0.25) is 5.91 Å². The van der Waals surface area contributed by atoms with Crippen LogP contribution in [0.1, 0.15) is 33.6 Å². The predicted molar refractivity (Wildman–Crippen MR) is 72.4 cm³/mol. The predicted octanol–water partition coefficient (Wildman–Crippen LogP) is 1.01. The molecule has 0 rings (SSSR count). The van der Waals surface area contributed by atoms with Gasteiger partial charge in [0.05, 0.1) is 24.8 Å². The molecule has 1 unspecified atom stereocenters. The highest BCUT2D eigenvalue weighted by molar-refractivity contribution is 5.86. The molecule has 108 valence electrons. The Kier molecular flexibility index (Phi) is 8.15. The Morgan fingerprint density at radius 3 is 2.22 bits per heavy atom. The number of rotatable bonds is 9. The maximum absolute atomic E-state index is 12.5. The van der Waals surface area contributed by atoms with Gasteiger partial charge in [-0.3, -0.25) is 4.79 Å². The van der Waals surface area contributed by atoms with E-state index in [1.807, 2.05) is 20.8 Å². The van der Waals surface area contributed by atoms with Crippen LogP contribution in [0.3, 0.4) is 0 Å². The molecule has 0 spiro atoms. The lowest BCUT2D eigenvalue weighted by molar-refractivity contribution is -0.141. The van der Waals surface area contributed by atoms with Gasteiger partial charge in [0.1, 0.15) is 0 Å². The van der Waals surface area contributed by atoms with Crippen molar-refractivity contribution in [3.63, 3.8) is 0 Å². The van der Waals surface area contributed by atoms with E-state index in [9.17, 15) is 4.79 Å². The van der Waals surface area contributed by atoms with Crippen LogP contribution in [0.5, 0.6) is 0 Å². The minimum Gasteiger partial charge on any atom is -0.383 e. The molecule has 0 aliphatic heterocycles. The molecule has 1 atom stereocenters. The monoisotopic (exact) mass is 260 g/mol. The molecule has 0 aromatic carbocycles. The van der Waals surface area contributed by atoms with Crippen molar-refractivity contribution in [1.82, 2.24) is 4.90 Å². The van der Waals surface area contributed by atoms with Crippen molar-refractivity contribution in [1.29, 1.82) is 0 Å². The second-order valence-corrected chi connectivity index (χ2v) is 4.66. The van der Waals surface area contributed by atoms with Gasteiger partial charge in [-0.1, -0.05) is 13.8 Å². The molecular weight excluding hydrogens is 232 g/mol. The number of nitrogens with two attached hydrogens (primary N) is 1. The molecule has 5 heteroatoms. The zero-order valence-electron chi connectivity index (χ0n) is 12.4. The van der Waals surface area contributed by atoms with E-state index in [1.165, 1.54) is 0 Å². The summed E-state index contributed by atoms with van der Waals surface area (Å²) in [7, 11) is 3.25. The molecule has 1 amide bonds. The fourth-order valence-corrected chi connectivity index (χ4v) is 1.88. The number of ether oxygens (including phenoxy) is 2. The molecule has 0 aromatic rings. The van der Waals surface area contributed by atoms with Crippen molar-refractivity contribution in [2.45, 2.75) is 45.2 Å². The molecule has 0 aromatic heterocycles. The normalized spacial score (nSPS) is 13.4. The summed E-state index contributed by atoms with van der Waals surface area (Å²) in [5.74, 6) is -0.0194. The smallest absolute Gasteiger partial charge is 0.243 e. The number of methoxy groups -OCH3 is 2. The van der Waals surface area contributed by atoms with E-state index < -0.39 is 5.54 Å². The van der Waals surface area contributed by atoms with Gasteiger partial charge in [-0.2, -0.15) is 0 Å². The average molecular weight is 260 g/mol. The number of carbonyl (C=O) groups is 1. The van der Waals surface area contributed by atoms with E-state index in [0.717, 1.165) is 0 Å². The fourth-order valence-electron chi connectivity index (χ4n) is 1.88. The molecule has 5 nitrogen and oxygen atoms in total. The molecule has 0 radical (unpaired) electrons. The molecular formula is C13H28N2O3. The quantitative estimate of drug-likeness (QED) is 0.672. The summed E-state index contributed by atoms with van der Waals surface area (Å²) in [6, 6.07) is -0.00123. The standard InChI is InChI=1S/C13H28N2O3/c1-6-13(14,7-2)12(16)15(8-9-17-4)11(3)10-18-5/h11H,6-10,14H2,1-5H3. The van der Waals surface area contributed by atoms with E-state index in [2.05, 4.69) is 0 Å². The van der Waals surface area contributed by atoms with Crippen LogP contribution in [-0.2, 0) is 14.3 Å². The highest BCUT2D eigenvalue weighted by Gasteiger charge is 2.35. The highest BCUT2D eigenvalue weighted by atomic mass is 16.5. The third-order valence-corrected chi connectivity index (χ3v) is 3.42. The lowest BCUT2D eigenvalue weighted by Gasteiger charge is -2.36. The van der Waals surface area contributed by atoms with Crippen molar-refractivity contribution in [3.8, 4) is 0 Å². The van der Waals surface area contributed by atoms with Gasteiger partial charge in [-0.05, 0) is 19.8 Å². The molecule has 0 fully saturated rings. The van der Waals surface area contributed by atoms with Crippen molar-refractivity contribution >= 4 is 5.91 Å². The van der Waals surface area contributed by atoms with Gasteiger partial charge in [0.15, 0.2) is 0 Å². The number of amides is 1. The summed E-state index contributed by atoms with van der Waals surface area (Å²) < 4.78 is 10.2. The van der Waals surface area contributed by atoms with E-state index in [0.29, 0.717) is 32.6 Å². The molecule has 0 bridgehead atoms. The van der Waals surface area contributed by atoms with Gasteiger partial charge >= 0.3 is 0 Å². The second-order valence-electron chi connectivity index (χ2n) is 4.66. The number of hydrogen-bond acceptors (Lipinski definition) is 4. The Morgan fingerprint density at radius 1 is 1.28 bits per heavy atom. The molecule has 0 aliphatic carbocycles. The molecule has 0 saturated carbocycles. The van der Waals surface area contributed by atoms with E-state index >= 15 is 0 Å². The first-order chi connectivity index (χ1) is 8.46. The molecule has 18 heavy (non-hydrogen) atoms. The lowest BCUT2D eigenvalue weighted by Crippen LogP contribution is -2.58. The summed E-state index contributed by atoms with van der Waals surface area (Å²) in [6.07, 6.45) is 1.26. The topological polar surface area (TPSA) is 64.8 Å². The Morgan fingerprint density at radius 2 is 1.83 bits per heavy atom. The summed E-state index contributed by atoms with van der Waals surface area (Å²) in [4.78, 5) is 14.3. The summed E-state index contributed by atoms with van der Waals surface area (Å²) in [6.45, 7) is 7.39. The maximum Gasteiger partial charge on any atom is 0.243 e. The van der Waals surface area contributed by atoms with Gasteiger partial charge in [-0.25, -0.2) is 0 Å². The van der Waals surface area contributed by atoms with Crippen LogP contribution in [0.4, 0.5) is 0 Å². The van der Waals surface area contributed by atoms with Crippen LogP contribution in [0.2, 0.25) is 0 Å². The molecule has 0 aliphatic rings. The maximum atomic E-state index is 12.5. The Bertz CT molecular complexity index is 242. The Balaban J connectivity index is 4.87. The zero-order valence-corrected chi connectivity index (χ0v) is 12.4. The first kappa shape index (κ1) is 17.4. The molecule has 0 saturated heterocycles. The van der Waals surface area contributed by atoms with Gasteiger partial charge in [-0.15, -0.1) is 0 Å². The summed E-state index contributed by atoms with van der Waals surface area (Å²) in [5, 5.41) is 0. The van der Waals surface area contributed by atoms with Crippen LogP contribution < -0.4 is 5.73 Å². The SMILES string of the molecule is CCC(N)(CC)C(=O)N(CCOC)C(C)COC. The van der Waals surface area contributed by atoms with E-state index in [-0.39, 0.29) is 11.9 Å². The van der Waals surface area contributed by atoms with Gasteiger partial charge in [0.25, 0.3) is 0 Å². The van der Waals surface area contributed by atoms with E-state index in [4.69, 9.17) is 15.2 Å². The first-order valence-electron chi connectivity index (χ1n) is 6.54. The van der Waals surface area contributed by atoms with Crippen LogP contribution in [-0.4, -0.2) is 56.4 Å². The second kappa shape index (κ2) is 8.45. The third kappa shape index (κ3) is 4.55. The number of nitrogens with zero attached hydrogens (tertiary/aromatic N) is 1. The largest absolute Gasteiger partial charge is 0.383 e.